The Morgan fingerprint density at radius 1 is 0.837 bits per heavy atom. The Bertz CT molecular complexity index is 1150. The number of hydrogen-bond acceptors (Lipinski definition) is 10. The Kier molecular flexibility index (Phi) is 14.0. The van der Waals surface area contributed by atoms with Gasteiger partial charge < -0.3 is 44.8 Å². The van der Waals surface area contributed by atoms with Gasteiger partial charge in [-0.15, -0.1) is 0 Å². The topological polar surface area (TPSA) is 166 Å². The van der Waals surface area contributed by atoms with E-state index in [1.54, 1.807) is 12.1 Å². The number of ether oxygens (including phenoxy) is 3. The molecule has 6 N–H and O–H groups in total. The number of aromatic hydroxyl groups is 2. The largest absolute Gasteiger partial charge is 0.508 e. The molecular weight excluding hydrogens is 556 g/mol. The second-order valence-corrected chi connectivity index (χ2v) is 11.3. The van der Waals surface area contributed by atoms with E-state index in [4.69, 9.17) is 14.2 Å². The molecule has 1 fully saturated rings. The van der Waals surface area contributed by atoms with E-state index in [-0.39, 0.29) is 28.6 Å². The number of aryl methyl sites for hydroxylation is 2. The van der Waals surface area contributed by atoms with Crippen LogP contribution in [0, 0.1) is 0 Å². The van der Waals surface area contributed by atoms with Gasteiger partial charge >= 0.3 is 5.97 Å². The molecule has 0 spiro atoms. The van der Waals surface area contributed by atoms with Crippen molar-refractivity contribution in [3.8, 4) is 23.0 Å². The van der Waals surface area contributed by atoms with E-state index in [1.807, 2.05) is 0 Å². The second kappa shape index (κ2) is 17.4. The molecule has 0 radical (unpaired) electrons. The lowest BCUT2D eigenvalue weighted by molar-refractivity contribution is -0.137. The van der Waals surface area contributed by atoms with Crippen LogP contribution in [0.1, 0.15) is 99.5 Å². The maximum Gasteiger partial charge on any atom is 0.347 e. The molecule has 0 amide bonds. The molecule has 1 saturated heterocycles. The van der Waals surface area contributed by atoms with Crippen molar-refractivity contribution >= 4 is 5.97 Å². The van der Waals surface area contributed by atoms with Crippen LogP contribution in [-0.4, -0.2) is 73.9 Å². The first-order chi connectivity index (χ1) is 20.7. The number of hydrogen-bond donors (Lipinski definition) is 6. The van der Waals surface area contributed by atoms with Crippen LogP contribution in [-0.2, 0) is 17.6 Å². The minimum Gasteiger partial charge on any atom is -0.508 e. The van der Waals surface area contributed by atoms with Gasteiger partial charge in [0.2, 0.25) is 6.29 Å². The van der Waals surface area contributed by atoms with Crippen LogP contribution in [0.5, 0.6) is 23.0 Å². The van der Waals surface area contributed by atoms with Crippen LogP contribution in [0.25, 0.3) is 0 Å². The number of carbonyl (C=O) groups excluding carboxylic acids is 1. The Morgan fingerprint density at radius 3 is 2.12 bits per heavy atom. The SMILES string of the molecule is CCCCCCCc1cc(O)cc(OC(=O)c2c(CCCCCCC)cc(O)cc2OC2OC(C(O)CO)C(O)C2O)c1. The lowest BCUT2D eigenvalue weighted by Crippen LogP contribution is -2.40. The Morgan fingerprint density at radius 2 is 1.47 bits per heavy atom. The van der Waals surface area contributed by atoms with Crippen LogP contribution in [0.2, 0.25) is 0 Å². The molecule has 43 heavy (non-hydrogen) atoms. The number of carbonyl (C=O) groups is 1. The fraction of sp³-hybridized carbons (Fsp3) is 0.606. The van der Waals surface area contributed by atoms with Gasteiger partial charge in [-0.05, 0) is 55.0 Å². The highest BCUT2D eigenvalue weighted by Gasteiger charge is 2.47. The fourth-order valence-corrected chi connectivity index (χ4v) is 5.35. The van der Waals surface area contributed by atoms with E-state index >= 15 is 0 Å². The zero-order valence-corrected chi connectivity index (χ0v) is 25.3. The van der Waals surface area contributed by atoms with Crippen molar-refractivity contribution < 1.29 is 49.6 Å². The van der Waals surface area contributed by atoms with Gasteiger partial charge in [-0.1, -0.05) is 65.2 Å². The van der Waals surface area contributed by atoms with Gasteiger partial charge in [0.1, 0.15) is 53.0 Å². The van der Waals surface area contributed by atoms with Gasteiger partial charge in [0.15, 0.2) is 0 Å². The molecule has 2 aromatic carbocycles. The fourth-order valence-electron chi connectivity index (χ4n) is 5.35. The number of rotatable bonds is 18. The zero-order valence-electron chi connectivity index (χ0n) is 25.3. The van der Waals surface area contributed by atoms with Crippen molar-refractivity contribution in [1.82, 2.24) is 0 Å². The summed E-state index contributed by atoms with van der Waals surface area (Å²) in [5.74, 6) is -0.992. The number of aliphatic hydroxyl groups excluding tert-OH is 4. The Balaban J connectivity index is 1.87. The first-order valence-corrected chi connectivity index (χ1v) is 15.6. The molecule has 1 aliphatic heterocycles. The van der Waals surface area contributed by atoms with E-state index in [9.17, 15) is 35.4 Å². The first-order valence-electron chi connectivity index (χ1n) is 15.6. The van der Waals surface area contributed by atoms with Crippen LogP contribution >= 0.6 is 0 Å². The number of phenolic OH excluding ortho intramolecular Hbond substituents is 2. The number of esters is 1. The highest BCUT2D eigenvalue weighted by atomic mass is 16.7. The predicted octanol–water partition coefficient (Wildman–Crippen LogP) is 4.52. The number of unbranched alkanes of at least 4 members (excludes halogenated alkanes) is 8. The number of benzene rings is 2. The first kappa shape index (κ1) is 34.6. The molecule has 10 heteroatoms. The summed E-state index contributed by atoms with van der Waals surface area (Å²) in [6, 6.07) is 7.37. The second-order valence-electron chi connectivity index (χ2n) is 11.3. The van der Waals surface area contributed by atoms with E-state index in [0.29, 0.717) is 12.0 Å². The highest BCUT2D eigenvalue weighted by Crippen LogP contribution is 2.35. The third-order valence-corrected chi connectivity index (χ3v) is 7.72. The van der Waals surface area contributed by atoms with Gasteiger partial charge in [-0.2, -0.15) is 0 Å². The average Bonchev–Trinajstić information content (AvgIpc) is 3.24. The van der Waals surface area contributed by atoms with Crippen molar-refractivity contribution in [2.45, 2.75) is 122 Å². The molecular formula is C33H48O10. The standard InChI is InChI=1S/C33H48O10/c1-3-5-7-9-11-13-21-15-23(35)18-25(16-21)41-32(40)28-22(14-12-10-8-6-4-2)17-24(36)19-27(28)42-33-30(39)29(38)31(43-33)26(37)20-34/h15-19,26,29-31,33-39H,3-14,20H2,1-2H3. The van der Waals surface area contributed by atoms with Gasteiger partial charge in [0.05, 0.1) is 6.61 Å². The van der Waals surface area contributed by atoms with Crippen molar-refractivity contribution in [2.24, 2.45) is 0 Å². The quantitative estimate of drug-likeness (QED) is 0.0809. The van der Waals surface area contributed by atoms with E-state index < -0.39 is 43.3 Å². The van der Waals surface area contributed by atoms with E-state index in [0.717, 1.165) is 69.8 Å². The molecule has 10 nitrogen and oxygen atoms in total. The molecule has 1 heterocycles. The minimum atomic E-state index is -1.61. The molecule has 5 atom stereocenters. The van der Waals surface area contributed by atoms with Crippen LogP contribution in [0.15, 0.2) is 30.3 Å². The van der Waals surface area contributed by atoms with Gasteiger partial charge in [-0.25, -0.2) is 4.79 Å². The smallest absolute Gasteiger partial charge is 0.347 e. The molecule has 0 saturated carbocycles. The Labute approximate surface area is 253 Å². The van der Waals surface area contributed by atoms with Crippen LogP contribution in [0.4, 0.5) is 0 Å². The predicted molar refractivity (Wildman–Crippen MR) is 160 cm³/mol. The Hall–Kier alpha value is -2.89. The van der Waals surface area contributed by atoms with Crippen molar-refractivity contribution in [3.63, 3.8) is 0 Å². The van der Waals surface area contributed by atoms with Crippen molar-refractivity contribution in [3.05, 3.63) is 47.0 Å². The van der Waals surface area contributed by atoms with Gasteiger partial charge in [0.25, 0.3) is 0 Å². The highest BCUT2D eigenvalue weighted by molar-refractivity contribution is 5.96. The summed E-state index contributed by atoms with van der Waals surface area (Å²) in [4.78, 5) is 13.7. The maximum atomic E-state index is 13.7. The monoisotopic (exact) mass is 604 g/mol. The van der Waals surface area contributed by atoms with Crippen LogP contribution < -0.4 is 9.47 Å². The molecule has 0 aromatic heterocycles. The molecule has 0 bridgehead atoms. The summed E-state index contributed by atoms with van der Waals surface area (Å²) >= 11 is 0. The maximum absolute atomic E-state index is 13.7. The summed E-state index contributed by atoms with van der Waals surface area (Å²) in [5, 5.41) is 61.0. The van der Waals surface area contributed by atoms with E-state index in [2.05, 4.69) is 13.8 Å². The summed E-state index contributed by atoms with van der Waals surface area (Å²) < 4.78 is 17.1. The normalized spacial score (nSPS) is 20.7. The van der Waals surface area contributed by atoms with E-state index in [1.165, 1.54) is 24.6 Å². The summed E-state index contributed by atoms with van der Waals surface area (Å²) in [6.45, 7) is 3.56. The average molecular weight is 605 g/mol. The molecule has 2 aromatic rings. The zero-order chi connectivity index (χ0) is 31.4. The van der Waals surface area contributed by atoms with Crippen LogP contribution in [0.3, 0.4) is 0 Å². The minimum absolute atomic E-state index is 0.00852. The number of phenols is 2. The molecule has 240 valence electrons. The lowest BCUT2D eigenvalue weighted by atomic mass is 9.99. The lowest BCUT2D eigenvalue weighted by Gasteiger charge is -2.21. The van der Waals surface area contributed by atoms with Crippen molar-refractivity contribution in [1.29, 1.82) is 0 Å². The molecule has 1 aliphatic rings. The molecule has 0 aliphatic carbocycles. The van der Waals surface area contributed by atoms with Gasteiger partial charge in [-0.3, -0.25) is 0 Å². The van der Waals surface area contributed by atoms with Crippen molar-refractivity contribution in [2.75, 3.05) is 6.61 Å². The summed E-state index contributed by atoms with van der Waals surface area (Å²) in [7, 11) is 0. The third-order valence-electron chi connectivity index (χ3n) is 7.72. The third kappa shape index (κ3) is 10.1. The van der Waals surface area contributed by atoms with Gasteiger partial charge in [0, 0.05) is 12.1 Å². The summed E-state index contributed by atoms with van der Waals surface area (Å²) in [6.07, 6.45) is 3.97. The molecule has 3 rings (SSSR count). The molecule has 5 unspecified atom stereocenters. The number of aliphatic hydroxyl groups is 4. The summed E-state index contributed by atoms with van der Waals surface area (Å²) in [5.41, 5.74) is 1.31.